The number of nitrogens with one attached hydrogen (secondary N) is 1. The van der Waals surface area contributed by atoms with E-state index in [4.69, 9.17) is 11.6 Å². The van der Waals surface area contributed by atoms with E-state index in [0.29, 0.717) is 6.04 Å². The molecule has 2 aromatic rings. The summed E-state index contributed by atoms with van der Waals surface area (Å²) in [5.41, 5.74) is 1.04. The van der Waals surface area contributed by atoms with Gasteiger partial charge in [0.1, 0.15) is 0 Å². The summed E-state index contributed by atoms with van der Waals surface area (Å²) in [6.07, 6.45) is 5.18. The van der Waals surface area contributed by atoms with Crippen molar-refractivity contribution in [3.05, 3.63) is 23.2 Å². The smallest absolute Gasteiger partial charge is 0.184 e. The molecule has 0 amide bonds. The molecule has 0 bridgehead atoms. The number of fused-ring (bicyclic) bond motifs is 1. The van der Waals surface area contributed by atoms with Crippen LogP contribution in [0.5, 0.6) is 0 Å². The summed E-state index contributed by atoms with van der Waals surface area (Å²) >= 11 is 7.69. The van der Waals surface area contributed by atoms with Gasteiger partial charge in [0, 0.05) is 11.1 Å². The Morgan fingerprint density at radius 1 is 1.28 bits per heavy atom. The summed E-state index contributed by atoms with van der Waals surface area (Å²) in [6.45, 7) is 2.34. The number of hydrogen-bond acceptors (Lipinski definition) is 3. The zero-order chi connectivity index (χ0) is 12.5. The molecule has 0 radical (unpaired) electrons. The van der Waals surface area contributed by atoms with E-state index >= 15 is 0 Å². The zero-order valence-electron chi connectivity index (χ0n) is 10.4. The van der Waals surface area contributed by atoms with Gasteiger partial charge in [-0.3, -0.25) is 0 Å². The highest BCUT2D eigenvalue weighted by Gasteiger charge is 2.18. The van der Waals surface area contributed by atoms with E-state index in [9.17, 15) is 0 Å². The summed E-state index contributed by atoms with van der Waals surface area (Å²) in [6, 6.07) is 6.47. The zero-order valence-corrected chi connectivity index (χ0v) is 12.0. The maximum atomic E-state index is 5.99. The van der Waals surface area contributed by atoms with E-state index < -0.39 is 0 Å². The van der Waals surface area contributed by atoms with E-state index in [1.807, 2.05) is 18.2 Å². The molecule has 4 heteroatoms. The van der Waals surface area contributed by atoms with Gasteiger partial charge in [-0.2, -0.15) is 0 Å². The van der Waals surface area contributed by atoms with Crippen LogP contribution in [-0.2, 0) is 0 Å². The first-order chi connectivity index (χ1) is 8.70. The number of hydrogen-bond donors (Lipinski definition) is 1. The molecule has 1 aliphatic carbocycles. The largest absolute Gasteiger partial charge is 0.359 e. The first-order valence-electron chi connectivity index (χ1n) is 6.53. The number of nitrogens with zero attached hydrogens (tertiary/aromatic N) is 1. The predicted molar refractivity (Wildman–Crippen MR) is 79.7 cm³/mol. The lowest BCUT2D eigenvalue weighted by Gasteiger charge is -2.26. The second-order valence-corrected chi connectivity index (χ2v) is 6.70. The Balaban J connectivity index is 1.74. The quantitative estimate of drug-likeness (QED) is 0.843. The third kappa shape index (κ3) is 2.62. The molecule has 2 nitrogen and oxygen atoms in total. The van der Waals surface area contributed by atoms with Gasteiger partial charge in [0.05, 0.1) is 10.2 Å². The molecule has 1 heterocycles. The molecular weight excluding hydrogens is 264 g/mol. The van der Waals surface area contributed by atoms with Crippen molar-refractivity contribution in [2.24, 2.45) is 5.92 Å². The minimum Gasteiger partial charge on any atom is -0.359 e. The Morgan fingerprint density at radius 3 is 2.83 bits per heavy atom. The second-order valence-electron chi connectivity index (χ2n) is 5.23. The van der Waals surface area contributed by atoms with Crippen molar-refractivity contribution in [2.45, 2.75) is 38.6 Å². The van der Waals surface area contributed by atoms with Crippen molar-refractivity contribution in [1.29, 1.82) is 0 Å². The third-order valence-electron chi connectivity index (χ3n) is 3.69. The van der Waals surface area contributed by atoms with Crippen LogP contribution in [-0.4, -0.2) is 11.0 Å². The fourth-order valence-electron chi connectivity index (χ4n) is 2.54. The minimum absolute atomic E-state index is 0.595. The van der Waals surface area contributed by atoms with Crippen LogP contribution in [0.3, 0.4) is 0 Å². The molecule has 0 spiro atoms. The van der Waals surface area contributed by atoms with Gasteiger partial charge in [-0.25, -0.2) is 4.98 Å². The Bertz CT molecular complexity index is 544. The molecule has 1 aromatic carbocycles. The Hall–Kier alpha value is -0.800. The van der Waals surface area contributed by atoms with Gasteiger partial charge in [0.2, 0.25) is 0 Å². The summed E-state index contributed by atoms with van der Waals surface area (Å²) in [5, 5.41) is 5.39. The van der Waals surface area contributed by atoms with Crippen LogP contribution >= 0.6 is 22.9 Å². The predicted octanol–water partition coefficient (Wildman–Crippen LogP) is 4.94. The van der Waals surface area contributed by atoms with Crippen molar-refractivity contribution in [3.8, 4) is 0 Å². The van der Waals surface area contributed by atoms with Crippen molar-refractivity contribution in [3.63, 3.8) is 0 Å². The van der Waals surface area contributed by atoms with Gasteiger partial charge in [0.15, 0.2) is 5.13 Å². The van der Waals surface area contributed by atoms with Crippen molar-refractivity contribution >= 4 is 38.3 Å². The number of aromatic nitrogens is 1. The van der Waals surface area contributed by atoms with Gasteiger partial charge in [-0.15, -0.1) is 0 Å². The maximum absolute atomic E-state index is 5.99. The first-order valence-corrected chi connectivity index (χ1v) is 7.73. The van der Waals surface area contributed by atoms with E-state index in [2.05, 4.69) is 17.2 Å². The van der Waals surface area contributed by atoms with Crippen molar-refractivity contribution < 1.29 is 0 Å². The van der Waals surface area contributed by atoms with E-state index in [0.717, 1.165) is 26.3 Å². The SMILES string of the molecule is CC1CCC(Nc2nc3ccc(Cl)cc3s2)CC1. The molecule has 1 N–H and O–H groups in total. The number of benzene rings is 1. The van der Waals surface area contributed by atoms with Gasteiger partial charge >= 0.3 is 0 Å². The fraction of sp³-hybridized carbons (Fsp3) is 0.500. The summed E-state index contributed by atoms with van der Waals surface area (Å²) in [5.74, 6) is 0.886. The third-order valence-corrected chi connectivity index (χ3v) is 4.88. The molecule has 1 aliphatic rings. The van der Waals surface area contributed by atoms with Crippen molar-refractivity contribution in [2.75, 3.05) is 5.32 Å². The molecule has 96 valence electrons. The Kier molecular flexibility index (Phi) is 3.44. The van der Waals surface area contributed by atoms with Crippen LogP contribution < -0.4 is 5.32 Å². The molecular formula is C14H17ClN2S. The number of rotatable bonds is 2. The number of halogens is 1. The van der Waals surface area contributed by atoms with Crippen molar-refractivity contribution in [1.82, 2.24) is 4.98 Å². The van der Waals surface area contributed by atoms with Crippen LogP contribution in [0.4, 0.5) is 5.13 Å². The minimum atomic E-state index is 0.595. The highest BCUT2D eigenvalue weighted by Crippen LogP contribution is 2.31. The molecule has 1 aromatic heterocycles. The van der Waals surface area contributed by atoms with E-state index in [1.165, 1.54) is 25.7 Å². The van der Waals surface area contributed by atoms with E-state index in [1.54, 1.807) is 11.3 Å². The molecule has 18 heavy (non-hydrogen) atoms. The van der Waals surface area contributed by atoms with Gasteiger partial charge in [-0.1, -0.05) is 29.9 Å². The molecule has 0 saturated heterocycles. The van der Waals surface area contributed by atoms with Gasteiger partial charge in [0.25, 0.3) is 0 Å². The van der Waals surface area contributed by atoms with Crippen LogP contribution in [0.1, 0.15) is 32.6 Å². The number of anilines is 1. The lowest BCUT2D eigenvalue weighted by molar-refractivity contribution is 0.361. The molecule has 0 unspecified atom stereocenters. The van der Waals surface area contributed by atoms with Crippen LogP contribution in [0.2, 0.25) is 5.02 Å². The topological polar surface area (TPSA) is 24.9 Å². The lowest BCUT2D eigenvalue weighted by atomic mass is 9.87. The highest BCUT2D eigenvalue weighted by atomic mass is 35.5. The number of thiazole rings is 1. The summed E-state index contributed by atoms with van der Waals surface area (Å²) < 4.78 is 1.16. The van der Waals surface area contributed by atoms with Crippen LogP contribution in [0.15, 0.2) is 18.2 Å². The summed E-state index contributed by atoms with van der Waals surface area (Å²) in [4.78, 5) is 4.62. The molecule has 1 saturated carbocycles. The standard InChI is InChI=1S/C14H17ClN2S/c1-9-2-5-11(6-3-9)16-14-17-12-7-4-10(15)8-13(12)18-14/h4,7-9,11H,2-3,5-6H2,1H3,(H,16,17). The Morgan fingerprint density at radius 2 is 2.06 bits per heavy atom. The lowest BCUT2D eigenvalue weighted by Crippen LogP contribution is -2.24. The molecule has 1 fully saturated rings. The van der Waals surface area contributed by atoms with E-state index in [-0.39, 0.29) is 0 Å². The average molecular weight is 281 g/mol. The maximum Gasteiger partial charge on any atom is 0.184 e. The van der Waals surface area contributed by atoms with Crippen LogP contribution in [0.25, 0.3) is 10.2 Å². The monoisotopic (exact) mass is 280 g/mol. The Labute approximate surface area is 116 Å². The van der Waals surface area contributed by atoms with Gasteiger partial charge < -0.3 is 5.32 Å². The highest BCUT2D eigenvalue weighted by molar-refractivity contribution is 7.22. The molecule has 0 atom stereocenters. The van der Waals surface area contributed by atoms with Gasteiger partial charge in [-0.05, 0) is 49.8 Å². The normalized spacial score (nSPS) is 24.3. The fourth-order valence-corrected chi connectivity index (χ4v) is 3.76. The second kappa shape index (κ2) is 5.06. The van der Waals surface area contributed by atoms with Crippen LogP contribution in [0, 0.1) is 5.92 Å². The average Bonchev–Trinajstić information content (AvgIpc) is 2.73. The summed E-state index contributed by atoms with van der Waals surface area (Å²) in [7, 11) is 0. The first kappa shape index (κ1) is 12.2. The molecule has 3 rings (SSSR count). The molecule has 0 aliphatic heterocycles.